The molecule has 1 aromatic carbocycles. The lowest BCUT2D eigenvalue weighted by Crippen LogP contribution is -2.60. The van der Waals surface area contributed by atoms with Crippen molar-refractivity contribution < 1.29 is 41.9 Å². The zero-order valence-corrected chi connectivity index (χ0v) is 31.0. The lowest BCUT2D eigenvalue weighted by Gasteiger charge is -2.36. The normalized spacial score (nSPS) is 23.5. The number of alkyl carbamates (subject to hydrolysis) is 1. The van der Waals surface area contributed by atoms with Crippen LogP contribution in [0.15, 0.2) is 55.4 Å². The van der Waals surface area contributed by atoms with Gasteiger partial charge in [0.1, 0.15) is 29.3 Å². The molecule has 1 aromatic heterocycles. The quantitative estimate of drug-likeness (QED) is 0.248. The highest BCUT2D eigenvalue weighted by Gasteiger charge is 2.62. The van der Waals surface area contributed by atoms with Crippen molar-refractivity contribution in [3.8, 4) is 5.69 Å². The van der Waals surface area contributed by atoms with E-state index in [1.165, 1.54) is 11.0 Å². The van der Waals surface area contributed by atoms with Gasteiger partial charge in [0.25, 0.3) is 5.91 Å². The van der Waals surface area contributed by atoms with Crippen molar-refractivity contribution in [3.63, 3.8) is 0 Å². The number of sulfonamides is 1. The van der Waals surface area contributed by atoms with Gasteiger partial charge in [-0.05, 0) is 63.6 Å². The molecule has 0 radical (unpaired) electrons. The van der Waals surface area contributed by atoms with Gasteiger partial charge < -0.3 is 25.0 Å². The van der Waals surface area contributed by atoms with Gasteiger partial charge in [0.2, 0.25) is 21.8 Å². The largest absolute Gasteiger partial charge is 0.444 e. The summed E-state index contributed by atoms with van der Waals surface area (Å²) in [6.07, 6.45) is 2.86. The standard InChI is InChI=1S/C35H47N7O9S/c1-8-21-19-35(21,30(45)40-52(48,49)23-14-15-23)39-28(43)26-18-22(50-31(46)37-24-12-9-10-13-25(24)42-17-11-16-36-42)20-41(26)29(44)27(33(2,3)4)38-32(47)51-34(5,6)7/h8-13,16-17,21-23,26-27H,1,14-15,18-20H2,2-7H3,(H,37,46)(H,38,47)(H,39,43)(H,40,45). The second kappa shape index (κ2) is 14.2. The van der Waals surface area contributed by atoms with Gasteiger partial charge in [0.05, 0.1) is 23.2 Å². The van der Waals surface area contributed by atoms with E-state index in [1.54, 1.807) is 88.9 Å². The summed E-state index contributed by atoms with van der Waals surface area (Å²) in [4.78, 5) is 69.2. The monoisotopic (exact) mass is 741 g/mol. The molecular weight excluding hydrogens is 694 g/mol. The number of anilines is 1. The first-order chi connectivity index (χ1) is 24.2. The molecule has 5 unspecified atom stereocenters. The van der Waals surface area contributed by atoms with E-state index in [2.05, 4.69) is 32.4 Å². The molecule has 5 amide bonds. The predicted octanol–water partition coefficient (Wildman–Crippen LogP) is 3.00. The molecule has 3 fully saturated rings. The number of hydrogen-bond acceptors (Lipinski definition) is 10. The maximum Gasteiger partial charge on any atom is 0.412 e. The van der Waals surface area contributed by atoms with Gasteiger partial charge in [-0.1, -0.05) is 39.0 Å². The van der Waals surface area contributed by atoms with E-state index >= 15 is 0 Å². The Labute approximate surface area is 303 Å². The van der Waals surface area contributed by atoms with Crippen LogP contribution >= 0.6 is 0 Å². The molecule has 4 N–H and O–H groups in total. The van der Waals surface area contributed by atoms with Crippen LogP contribution in [-0.2, 0) is 33.9 Å². The van der Waals surface area contributed by atoms with Gasteiger partial charge in [-0.2, -0.15) is 5.10 Å². The summed E-state index contributed by atoms with van der Waals surface area (Å²) < 4.78 is 40.1. The van der Waals surface area contributed by atoms with E-state index in [4.69, 9.17) is 9.47 Å². The Morgan fingerprint density at radius 3 is 2.31 bits per heavy atom. The molecule has 16 nitrogen and oxygen atoms in total. The molecule has 2 saturated carbocycles. The van der Waals surface area contributed by atoms with Gasteiger partial charge in [-0.3, -0.25) is 24.4 Å². The summed E-state index contributed by atoms with van der Waals surface area (Å²) in [7, 11) is -3.93. The van der Waals surface area contributed by atoms with Gasteiger partial charge in [-0.25, -0.2) is 22.7 Å². The Bertz CT molecular complexity index is 1830. The van der Waals surface area contributed by atoms with Crippen LogP contribution in [0.25, 0.3) is 5.69 Å². The second-order valence-corrected chi connectivity index (χ2v) is 17.5. The molecule has 5 atom stereocenters. The maximum absolute atomic E-state index is 14.3. The summed E-state index contributed by atoms with van der Waals surface area (Å²) in [5, 5.41) is 11.6. The van der Waals surface area contributed by atoms with Gasteiger partial charge in [0, 0.05) is 24.7 Å². The topological polar surface area (TPSA) is 207 Å². The number of rotatable bonds is 11. The van der Waals surface area contributed by atoms with Gasteiger partial charge in [0.15, 0.2) is 0 Å². The molecule has 52 heavy (non-hydrogen) atoms. The first-order valence-corrected chi connectivity index (χ1v) is 18.7. The molecule has 3 aliphatic rings. The van der Waals surface area contributed by atoms with Crippen molar-refractivity contribution in [2.45, 2.75) is 102 Å². The third kappa shape index (κ3) is 8.74. The lowest BCUT2D eigenvalue weighted by atomic mass is 9.85. The van der Waals surface area contributed by atoms with Crippen LogP contribution in [-0.4, -0.2) is 94.1 Å². The fourth-order valence-corrected chi connectivity index (χ4v) is 7.48. The second-order valence-electron chi connectivity index (χ2n) is 15.5. The Morgan fingerprint density at radius 2 is 1.73 bits per heavy atom. The molecule has 0 spiro atoms. The molecule has 1 aliphatic heterocycles. The van der Waals surface area contributed by atoms with Crippen molar-refractivity contribution in [2.75, 3.05) is 11.9 Å². The Balaban J connectivity index is 1.39. The van der Waals surface area contributed by atoms with Crippen LogP contribution in [0.2, 0.25) is 0 Å². The number of carbonyl (C=O) groups is 5. The number of likely N-dealkylation sites (tertiary alicyclic amines) is 1. The van der Waals surface area contributed by atoms with Crippen molar-refractivity contribution in [1.82, 2.24) is 30.0 Å². The van der Waals surface area contributed by atoms with E-state index < -0.39 is 85.8 Å². The number of para-hydroxylation sites is 2. The highest BCUT2D eigenvalue weighted by atomic mass is 32.2. The number of hydrogen-bond donors (Lipinski definition) is 4. The minimum absolute atomic E-state index is 0.0950. The van der Waals surface area contributed by atoms with Gasteiger partial charge >= 0.3 is 12.2 Å². The average molecular weight is 742 g/mol. The summed E-state index contributed by atoms with van der Waals surface area (Å²) in [6, 6.07) is 6.18. The molecule has 5 rings (SSSR count). The SMILES string of the molecule is C=CC1CC1(NC(=O)C1CC(OC(=O)Nc2ccccc2-n2cccn2)CN1C(=O)C(NC(=O)OC(C)(C)C)C(C)(C)C)C(=O)NS(=O)(=O)C1CC1. The number of aromatic nitrogens is 2. The molecule has 2 aliphatic carbocycles. The van der Waals surface area contributed by atoms with Crippen LogP contribution in [0, 0.1) is 11.3 Å². The number of nitrogens with zero attached hydrogens (tertiary/aromatic N) is 3. The van der Waals surface area contributed by atoms with Crippen LogP contribution in [0.4, 0.5) is 15.3 Å². The van der Waals surface area contributed by atoms with Crippen LogP contribution < -0.4 is 20.7 Å². The van der Waals surface area contributed by atoms with E-state index in [-0.39, 0.29) is 19.4 Å². The molecule has 17 heteroatoms. The third-order valence-electron chi connectivity index (χ3n) is 9.04. The number of carbonyl (C=O) groups excluding carboxylic acids is 5. The summed E-state index contributed by atoms with van der Waals surface area (Å²) in [6.45, 7) is 13.7. The van der Waals surface area contributed by atoms with Crippen molar-refractivity contribution in [1.29, 1.82) is 0 Å². The molecule has 282 valence electrons. The number of benzene rings is 1. The van der Waals surface area contributed by atoms with Crippen molar-refractivity contribution in [2.24, 2.45) is 11.3 Å². The zero-order chi connectivity index (χ0) is 38.2. The number of ether oxygens (including phenoxy) is 2. The molecule has 2 heterocycles. The van der Waals surface area contributed by atoms with Crippen molar-refractivity contribution >= 4 is 45.6 Å². The summed E-state index contributed by atoms with van der Waals surface area (Å²) >= 11 is 0. The van der Waals surface area contributed by atoms with Crippen LogP contribution in [0.1, 0.15) is 67.2 Å². The molecule has 0 bridgehead atoms. The minimum Gasteiger partial charge on any atom is -0.444 e. The van der Waals surface area contributed by atoms with E-state index in [0.717, 1.165) is 0 Å². The molecule has 1 saturated heterocycles. The number of nitrogens with one attached hydrogen (secondary N) is 4. The van der Waals surface area contributed by atoms with E-state index in [0.29, 0.717) is 24.2 Å². The van der Waals surface area contributed by atoms with Crippen molar-refractivity contribution in [3.05, 3.63) is 55.4 Å². The smallest absolute Gasteiger partial charge is 0.412 e. The van der Waals surface area contributed by atoms with Crippen LogP contribution in [0.3, 0.4) is 0 Å². The maximum atomic E-state index is 14.3. The molecule has 2 aromatic rings. The molecular formula is C35H47N7O9S. The Morgan fingerprint density at radius 1 is 1.04 bits per heavy atom. The Hall–Kier alpha value is -4.93. The summed E-state index contributed by atoms with van der Waals surface area (Å²) in [5.41, 5.74) is -2.38. The average Bonchev–Trinajstić information content (AvgIpc) is 3.91. The first-order valence-electron chi connectivity index (χ1n) is 17.1. The fraction of sp³-hybridized carbons (Fsp3) is 0.543. The lowest BCUT2D eigenvalue weighted by molar-refractivity contribution is -0.143. The zero-order valence-electron chi connectivity index (χ0n) is 30.2. The first kappa shape index (κ1) is 38.3. The van der Waals surface area contributed by atoms with E-state index in [1.807, 2.05) is 0 Å². The highest BCUT2D eigenvalue weighted by molar-refractivity contribution is 7.91. The fourth-order valence-electron chi connectivity index (χ4n) is 6.12. The minimum atomic E-state index is -3.93. The third-order valence-corrected chi connectivity index (χ3v) is 10.9. The van der Waals surface area contributed by atoms with E-state index in [9.17, 15) is 32.4 Å². The predicted molar refractivity (Wildman–Crippen MR) is 189 cm³/mol. The highest BCUT2D eigenvalue weighted by Crippen LogP contribution is 2.45. The summed E-state index contributed by atoms with van der Waals surface area (Å²) in [5.74, 6) is -2.88. The Kier molecular flexibility index (Phi) is 10.5. The number of amides is 5. The van der Waals surface area contributed by atoms with Crippen LogP contribution in [0.5, 0.6) is 0 Å². The van der Waals surface area contributed by atoms with Gasteiger partial charge in [-0.15, -0.1) is 6.58 Å².